The normalized spacial score (nSPS) is 21.6. The molecule has 1 saturated carbocycles. The molecular formula is C22H29F3N4O3S. The minimum Gasteiger partial charge on any atom is -0.460 e. The van der Waals surface area contributed by atoms with Gasteiger partial charge in [-0.3, -0.25) is 9.69 Å². The molecule has 33 heavy (non-hydrogen) atoms. The van der Waals surface area contributed by atoms with E-state index in [0.29, 0.717) is 18.2 Å². The molecule has 1 aliphatic carbocycles. The Kier molecular flexibility index (Phi) is 7.58. The van der Waals surface area contributed by atoms with Gasteiger partial charge in [-0.25, -0.2) is 4.98 Å². The lowest BCUT2D eigenvalue weighted by Gasteiger charge is -2.31. The average molecular weight is 487 g/mol. The molecule has 0 bridgehead atoms. The lowest BCUT2D eigenvalue weighted by atomic mass is 9.84. The summed E-state index contributed by atoms with van der Waals surface area (Å²) in [6, 6.07) is 1.99. The second kappa shape index (κ2) is 10.4. The molecule has 7 nitrogen and oxygen atoms in total. The summed E-state index contributed by atoms with van der Waals surface area (Å²) >= 11 is 1.23. The molecule has 1 aliphatic heterocycles. The van der Waals surface area contributed by atoms with E-state index in [9.17, 15) is 18.0 Å². The molecule has 2 aliphatic rings. The SMILES string of the molecule is Cc1cc(CC(=O)N[C@H]2CC[C@H](CCN3CCc4sc(OCC(F)(F)F)nc4C3)CC2)on1. The molecule has 2 aromatic rings. The molecule has 1 amide bonds. The van der Waals surface area contributed by atoms with Crippen LogP contribution in [0.2, 0.25) is 0 Å². The maximum Gasteiger partial charge on any atom is 0.422 e. The third-order valence-electron chi connectivity index (χ3n) is 6.22. The van der Waals surface area contributed by atoms with E-state index in [1.807, 2.05) is 6.92 Å². The number of halogens is 3. The summed E-state index contributed by atoms with van der Waals surface area (Å²) in [5.74, 6) is 1.18. The van der Waals surface area contributed by atoms with Crippen LogP contribution in [0.4, 0.5) is 13.2 Å². The van der Waals surface area contributed by atoms with Crippen LogP contribution in [0.25, 0.3) is 0 Å². The number of amides is 1. The minimum absolute atomic E-state index is 0.0273. The molecule has 0 saturated heterocycles. The fraction of sp³-hybridized carbons (Fsp3) is 0.682. The molecule has 0 aromatic carbocycles. The molecule has 1 N–H and O–H groups in total. The van der Waals surface area contributed by atoms with E-state index in [4.69, 9.17) is 9.26 Å². The molecule has 0 spiro atoms. The van der Waals surface area contributed by atoms with Crippen LogP contribution in [0.5, 0.6) is 5.19 Å². The van der Waals surface area contributed by atoms with E-state index < -0.39 is 12.8 Å². The number of nitrogens with one attached hydrogen (secondary N) is 1. The zero-order valence-corrected chi connectivity index (χ0v) is 19.4. The number of nitrogens with zero attached hydrogens (tertiary/aromatic N) is 3. The second-order valence-corrected chi connectivity index (χ2v) is 10.0. The van der Waals surface area contributed by atoms with Gasteiger partial charge in [0.15, 0.2) is 6.61 Å². The van der Waals surface area contributed by atoms with Gasteiger partial charge in [-0.1, -0.05) is 16.5 Å². The number of carbonyl (C=O) groups is 1. The van der Waals surface area contributed by atoms with Crippen molar-refractivity contribution in [3.8, 4) is 5.19 Å². The van der Waals surface area contributed by atoms with Crippen molar-refractivity contribution in [1.82, 2.24) is 20.4 Å². The van der Waals surface area contributed by atoms with Gasteiger partial charge in [0.1, 0.15) is 5.76 Å². The predicted octanol–water partition coefficient (Wildman–Crippen LogP) is 4.05. The average Bonchev–Trinajstić information content (AvgIpc) is 3.36. The molecule has 2 aromatic heterocycles. The van der Waals surface area contributed by atoms with E-state index >= 15 is 0 Å². The van der Waals surface area contributed by atoms with Crippen LogP contribution in [0.1, 0.15) is 54.1 Å². The number of ether oxygens (including phenoxy) is 1. The van der Waals surface area contributed by atoms with Crippen molar-refractivity contribution in [2.24, 2.45) is 5.92 Å². The van der Waals surface area contributed by atoms with Crippen molar-refractivity contribution in [3.05, 3.63) is 28.1 Å². The van der Waals surface area contributed by atoms with Crippen molar-refractivity contribution >= 4 is 17.2 Å². The molecule has 1 fully saturated rings. The van der Waals surface area contributed by atoms with Crippen LogP contribution in [0.3, 0.4) is 0 Å². The second-order valence-electron chi connectivity index (χ2n) is 8.96. The first kappa shape index (κ1) is 24.0. The van der Waals surface area contributed by atoms with Crippen molar-refractivity contribution in [3.63, 3.8) is 0 Å². The Labute approximate surface area is 194 Å². The highest BCUT2D eigenvalue weighted by Gasteiger charge is 2.30. The Bertz CT molecular complexity index is 938. The Balaban J connectivity index is 1.15. The highest BCUT2D eigenvalue weighted by molar-refractivity contribution is 7.13. The zero-order chi connectivity index (χ0) is 23.4. The van der Waals surface area contributed by atoms with Gasteiger partial charge in [0.25, 0.3) is 5.19 Å². The van der Waals surface area contributed by atoms with Gasteiger partial charge in [-0.2, -0.15) is 13.2 Å². The molecule has 3 heterocycles. The number of hydrogen-bond acceptors (Lipinski definition) is 7. The van der Waals surface area contributed by atoms with E-state index in [2.05, 4.69) is 20.4 Å². The summed E-state index contributed by atoms with van der Waals surface area (Å²) in [4.78, 5) is 19.8. The van der Waals surface area contributed by atoms with Crippen LogP contribution in [-0.2, 0) is 24.2 Å². The molecule has 0 unspecified atom stereocenters. The summed E-state index contributed by atoms with van der Waals surface area (Å²) in [5, 5.41) is 7.02. The van der Waals surface area contributed by atoms with Gasteiger partial charge in [0, 0.05) is 30.1 Å². The van der Waals surface area contributed by atoms with Crippen LogP contribution < -0.4 is 10.1 Å². The summed E-state index contributed by atoms with van der Waals surface area (Å²) in [7, 11) is 0. The van der Waals surface area contributed by atoms with Crippen molar-refractivity contribution in [1.29, 1.82) is 0 Å². The molecule has 11 heteroatoms. The standard InChI is InChI=1S/C22H29F3N4O3S/c1-14-10-17(32-28-14)11-20(30)26-16-4-2-15(3-5-16)6-8-29-9-7-19-18(12-29)27-21(33-19)31-13-22(23,24)25/h10,15-16H,2-9,11-13H2,1H3,(H,26,30)/t15-,16-. The fourth-order valence-corrected chi connectivity index (χ4v) is 5.43. The summed E-state index contributed by atoms with van der Waals surface area (Å²) in [5.41, 5.74) is 1.62. The Morgan fingerprint density at radius 1 is 1.33 bits per heavy atom. The van der Waals surface area contributed by atoms with Crippen LogP contribution in [-0.4, -0.2) is 52.9 Å². The van der Waals surface area contributed by atoms with Crippen molar-refractivity contribution in [2.75, 3.05) is 19.7 Å². The summed E-state index contributed by atoms with van der Waals surface area (Å²) in [6.45, 7) is 3.03. The molecule has 182 valence electrons. The minimum atomic E-state index is -4.35. The molecular weight excluding hydrogens is 457 g/mol. The molecule has 0 atom stereocenters. The van der Waals surface area contributed by atoms with Crippen molar-refractivity contribution < 1.29 is 27.2 Å². The zero-order valence-electron chi connectivity index (χ0n) is 18.6. The lowest BCUT2D eigenvalue weighted by molar-refractivity contribution is -0.153. The lowest BCUT2D eigenvalue weighted by Crippen LogP contribution is -2.39. The predicted molar refractivity (Wildman–Crippen MR) is 116 cm³/mol. The van der Waals surface area contributed by atoms with Crippen molar-refractivity contribution in [2.45, 2.75) is 70.6 Å². The number of thiazole rings is 1. The van der Waals surface area contributed by atoms with E-state index in [-0.39, 0.29) is 23.6 Å². The third kappa shape index (κ3) is 7.17. The number of carbonyl (C=O) groups excluding carboxylic acids is 1. The first-order chi connectivity index (χ1) is 15.7. The van der Waals surface area contributed by atoms with Gasteiger partial charge in [-0.15, -0.1) is 0 Å². The molecule has 4 rings (SSSR count). The highest BCUT2D eigenvalue weighted by atomic mass is 32.1. The van der Waals surface area contributed by atoms with E-state index in [0.717, 1.165) is 67.9 Å². The first-order valence-corrected chi connectivity index (χ1v) is 12.2. The Hall–Kier alpha value is -2.14. The number of aromatic nitrogens is 2. The molecule has 0 radical (unpaired) electrons. The monoisotopic (exact) mass is 486 g/mol. The maximum absolute atomic E-state index is 12.4. The smallest absolute Gasteiger partial charge is 0.422 e. The number of hydrogen-bond donors (Lipinski definition) is 1. The summed E-state index contributed by atoms with van der Waals surface area (Å²) in [6.07, 6.45) is 1.85. The van der Waals surface area contributed by atoms with E-state index in [1.54, 1.807) is 6.07 Å². The number of alkyl halides is 3. The first-order valence-electron chi connectivity index (χ1n) is 11.4. The Morgan fingerprint density at radius 2 is 2.12 bits per heavy atom. The van der Waals surface area contributed by atoms with Gasteiger partial charge in [-0.05, 0) is 57.9 Å². The largest absolute Gasteiger partial charge is 0.460 e. The fourth-order valence-electron chi connectivity index (χ4n) is 4.52. The Morgan fingerprint density at radius 3 is 2.82 bits per heavy atom. The summed E-state index contributed by atoms with van der Waals surface area (Å²) < 4.78 is 47.0. The number of rotatable bonds is 8. The maximum atomic E-state index is 12.4. The third-order valence-corrected chi connectivity index (χ3v) is 7.29. The van der Waals surface area contributed by atoms with E-state index in [1.165, 1.54) is 11.3 Å². The number of aryl methyl sites for hydroxylation is 1. The van der Waals surface area contributed by atoms with Crippen LogP contribution in [0, 0.1) is 12.8 Å². The topological polar surface area (TPSA) is 80.5 Å². The van der Waals surface area contributed by atoms with Crippen LogP contribution in [0.15, 0.2) is 10.6 Å². The number of fused-ring (bicyclic) bond motifs is 1. The van der Waals surface area contributed by atoms with Gasteiger partial charge in [0.2, 0.25) is 5.91 Å². The van der Waals surface area contributed by atoms with Crippen LogP contribution >= 0.6 is 11.3 Å². The van der Waals surface area contributed by atoms with Gasteiger partial charge < -0.3 is 14.6 Å². The van der Waals surface area contributed by atoms with Gasteiger partial charge >= 0.3 is 6.18 Å². The quantitative estimate of drug-likeness (QED) is 0.607. The van der Waals surface area contributed by atoms with Gasteiger partial charge in [0.05, 0.1) is 17.8 Å². The highest BCUT2D eigenvalue weighted by Crippen LogP contribution is 2.32.